The summed E-state index contributed by atoms with van der Waals surface area (Å²) in [6.45, 7) is 2.11. The van der Waals surface area contributed by atoms with E-state index in [4.69, 9.17) is 9.47 Å². The molecule has 1 N–H and O–H groups in total. The number of imidazole rings is 1. The van der Waals surface area contributed by atoms with Crippen LogP contribution >= 0.6 is 0 Å². The molecule has 1 unspecified atom stereocenters. The zero-order valence-electron chi connectivity index (χ0n) is 17.5. The van der Waals surface area contributed by atoms with Crippen LogP contribution in [0.5, 0.6) is 5.88 Å². The second-order valence-electron chi connectivity index (χ2n) is 8.39. The van der Waals surface area contributed by atoms with Gasteiger partial charge in [-0.3, -0.25) is 9.78 Å². The normalized spacial score (nSPS) is 20.8. The lowest BCUT2D eigenvalue weighted by molar-refractivity contribution is -0.151. The van der Waals surface area contributed by atoms with E-state index in [0.29, 0.717) is 25.3 Å². The SMILES string of the molecule is O=C(CCc1nc2ccccc2[nH]1)N1CCC2(CC1)CC(Oc1cnccn1)CCO2. The molecule has 0 bridgehead atoms. The molecule has 31 heavy (non-hydrogen) atoms. The third-order valence-electron chi connectivity index (χ3n) is 6.32. The number of para-hydroxylation sites is 2. The maximum absolute atomic E-state index is 12.8. The molecule has 162 valence electrons. The van der Waals surface area contributed by atoms with Gasteiger partial charge >= 0.3 is 0 Å². The van der Waals surface area contributed by atoms with Crippen LogP contribution in [0.4, 0.5) is 0 Å². The number of carbonyl (C=O) groups excluding carboxylic acids is 1. The summed E-state index contributed by atoms with van der Waals surface area (Å²) >= 11 is 0. The number of aryl methyl sites for hydroxylation is 1. The number of likely N-dealkylation sites (tertiary alicyclic amines) is 1. The van der Waals surface area contributed by atoms with Crippen LogP contribution in [0, 0.1) is 0 Å². The highest BCUT2D eigenvalue weighted by Crippen LogP contribution is 2.36. The van der Waals surface area contributed by atoms with Crippen molar-refractivity contribution >= 4 is 16.9 Å². The van der Waals surface area contributed by atoms with Gasteiger partial charge in [-0.1, -0.05) is 12.1 Å². The van der Waals surface area contributed by atoms with Crippen molar-refractivity contribution in [2.45, 2.75) is 50.2 Å². The highest BCUT2D eigenvalue weighted by molar-refractivity contribution is 5.77. The smallest absolute Gasteiger partial charge is 0.232 e. The van der Waals surface area contributed by atoms with E-state index in [9.17, 15) is 4.79 Å². The summed E-state index contributed by atoms with van der Waals surface area (Å²) in [7, 11) is 0. The van der Waals surface area contributed by atoms with Crippen LogP contribution in [0.1, 0.15) is 37.9 Å². The fourth-order valence-electron chi connectivity index (χ4n) is 4.62. The first-order valence-electron chi connectivity index (χ1n) is 11.0. The summed E-state index contributed by atoms with van der Waals surface area (Å²) in [5.41, 5.74) is 1.75. The number of aromatic amines is 1. The van der Waals surface area contributed by atoms with E-state index in [-0.39, 0.29) is 17.6 Å². The molecule has 0 aliphatic carbocycles. The van der Waals surface area contributed by atoms with Crippen LogP contribution in [-0.4, -0.2) is 62.1 Å². The number of carbonyl (C=O) groups is 1. The maximum atomic E-state index is 12.8. The van der Waals surface area contributed by atoms with Crippen molar-refractivity contribution in [3.8, 4) is 5.88 Å². The van der Waals surface area contributed by atoms with Gasteiger partial charge in [0.25, 0.3) is 0 Å². The predicted octanol–water partition coefficient (Wildman–Crippen LogP) is 2.90. The molecule has 1 atom stereocenters. The number of hydrogen-bond acceptors (Lipinski definition) is 6. The average Bonchev–Trinajstić information content (AvgIpc) is 3.22. The first-order chi connectivity index (χ1) is 15.2. The molecular formula is C23H27N5O3. The van der Waals surface area contributed by atoms with Crippen LogP contribution in [0.25, 0.3) is 11.0 Å². The Labute approximate surface area is 181 Å². The van der Waals surface area contributed by atoms with Crippen molar-refractivity contribution in [3.05, 3.63) is 48.7 Å². The highest BCUT2D eigenvalue weighted by Gasteiger charge is 2.42. The van der Waals surface area contributed by atoms with Gasteiger partial charge in [0, 0.05) is 51.2 Å². The summed E-state index contributed by atoms with van der Waals surface area (Å²) in [5.74, 6) is 1.60. The van der Waals surface area contributed by atoms with Gasteiger partial charge in [0.1, 0.15) is 11.9 Å². The van der Waals surface area contributed by atoms with Gasteiger partial charge < -0.3 is 19.4 Å². The van der Waals surface area contributed by atoms with Crippen LogP contribution < -0.4 is 4.74 Å². The van der Waals surface area contributed by atoms with Gasteiger partial charge in [-0.05, 0) is 25.0 Å². The minimum Gasteiger partial charge on any atom is -0.473 e. The zero-order valence-corrected chi connectivity index (χ0v) is 17.5. The average molecular weight is 422 g/mol. The molecule has 8 heteroatoms. The number of ether oxygens (including phenoxy) is 2. The van der Waals surface area contributed by atoms with Gasteiger partial charge in [0.05, 0.1) is 29.4 Å². The number of H-pyrrole nitrogens is 1. The molecule has 0 saturated carbocycles. The Morgan fingerprint density at radius 1 is 1.26 bits per heavy atom. The van der Waals surface area contributed by atoms with E-state index < -0.39 is 0 Å². The third kappa shape index (κ3) is 4.54. The van der Waals surface area contributed by atoms with Crippen molar-refractivity contribution in [2.75, 3.05) is 19.7 Å². The van der Waals surface area contributed by atoms with Crippen molar-refractivity contribution in [3.63, 3.8) is 0 Å². The molecular weight excluding hydrogens is 394 g/mol. The largest absolute Gasteiger partial charge is 0.473 e. The van der Waals surface area contributed by atoms with Crippen LogP contribution in [0.2, 0.25) is 0 Å². The minimum atomic E-state index is -0.208. The van der Waals surface area contributed by atoms with Gasteiger partial charge in [-0.25, -0.2) is 9.97 Å². The van der Waals surface area contributed by atoms with E-state index in [1.54, 1.807) is 18.6 Å². The lowest BCUT2D eigenvalue weighted by atomic mass is 9.83. The van der Waals surface area contributed by atoms with Crippen molar-refractivity contribution in [2.24, 2.45) is 0 Å². The van der Waals surface area contributed by atoms with E-state index in [0.717, 1.165) is 55.6 Å². The topological polar surface area (TPSA) is 93.2 Å². The van der Waals surface area contributed by atoms with Crippen molar-refractivity contribution in [1.82, 2.24) is 24.8 Å². The number of aromatic nitrogens is 4. The number of benzene rings is 1. The molecule has 0 radical (unpaired) electrons. The molecule has 2 saturated heterocycles. The molecule has 2 aliphatic heterocycles. The number of amides is 1. The van der Waals surface area contributed by atoms with Crippen molar-refractivity contribution < 1.29 is 14.3 Å². The number of piperidine rings is 1. The fourth-order valence-corrected chi connectivity index (χ4v) is 4.62. The highest BCUT2D eigenvalue weighted by atomic mass is 16.5. The monoisotopic (exact) mass is 421 g/mol. The Balaban J connectivity index is 1.12. The lowest BCUT2D eigenvalue weighted by Crippen LogP contribution is -2.52. The maximum Gasteiger partial charge on any atom is 0.232 e. The zero-order chi connectivity index (χ0) is 21.1. The summed E-state index contributed by atoms with van der Waals surface area (Å²) in [6.07, 6.45) is 9.42. The first-order valence-corrected chi connectivity index (χ1v) is 11.0. The van der Waals surface area contributed by atoms with Crippen LogP contribution in [-0.2, 0) is 16.0 Å². The molecule has 2 fully saturated rings. The summed E-state index contributed by atoms with van der Waals surface area (Å²) in [5, 5.41) is 0. The first kappa shape index (κ1) is 19.9. The number of hydrogen-bond donors (Lipinski definition) is 1. The summed E-state index contributed by atoms with van der Waals surface area (Å²) in [6, 6.07) is 7.93. The molecule has 2 aliphatic rings. The predicted molar refractivity (Wildman–Crippen MR) is 115 cm³/mol. The van der Waals surface area contributed by atoms with Crippen molar-refractivity contribution in [1.29, 1.82) is 0 Å². The summed E-state index contributed by atoms with van der Waals surface area (Å²) in [4.78, 5) is 30.9. The van der Waals surface area contributed by atoms with Gasteiger partial charge in [0.2, 0.25) is 11.8 Å². The molecule has 3 aromatic rings. The molecule has 1 amide bonds. The minimum absolute atomic E-state index is 0.0702. The van der Waals surface area contributed by atoms with Crippen LogP contribution in [0.15, 0.2) is 42.9 Å². The Kier molecular flexibility index (Phi) is 5.55. The Bertz CT molecular complexity index is 997. The second-order valence-corrected chi connectivity index (χ2v) is 8.39. The molecule has 5 rings (SSSR count). The van der Waals surface area contributed by atoms with E-state index in [1.165, 1.54) is 0 Å². The van der Waals surface area contributed by atoms with Gasteiger partial charge in [-0.2, -0.15) is 0 Å². The Morgan fingerprint density at radius 3 is 2.94 bits per heavy atom. The van der Waals surface area contributed by atoms with Gasteiger partial charge in [0.15, 0.2) is 0 Å². The second kappa shape index (κ2) is 8.63. The molecule has 2 aromatic heterocycles. The number of nitrogens with zero attached hydrogens (tertiary/aromatic N) is 4. The van der Waals surface area contributed by atoms with Gasteiger partial charge in [-0.15, -0.1) is 0 Å². The Morgan fingerprint density at radius 2 is 2.13 bits per heavy atom. The fraction of sp³-hybridized carbons (Fsp3) is 0.478. The summed E-state index contributed by atoms with van der Waals surface area (Å²) < 4.78 is 12.2. The number of rotatable bonds is 5. The van der Waals surface area contributed by atoms with E-state index in [1.807, 2.05) is 29.2 Å². The molecule has 1 aromatic carbocycles. The number of nitrogens with one attached hydrogen (secondary N) is 1. The molecule has 8 nitrogen and oxygen atoms in total. The standard InChI is InChI=1S/C23H27N5O3/c29-22(6-5-20-26-18-3-1-2-4-19(18)27-20)28-12-8-23(9-13-28)15-17(7-14-30-23)31-21-16-24-10-11-25-21/h1-4,10-11,16-17H,5-9,12-15H2,(H,26,27). The molecule has 1 spiro atoms. The van der Waals surface area contributed by atoms with E-state index in [2.05, 4.69) is 19.9 Å². The number of fused-ring (bicyclic) bond motifs is 1. The van der Waals surface area contributed by atoms with Crippen LogP contribution in [0.3, 0.4) is 0 Å². The van der Waals surface area contributed by atoms with E-state index >= 15 is 0 Å². The Hall–Kier alpha value is -3.00. The quantitative estimate of drug-likeness (QED) is 0.681. The third-order valence-corrected chi connectivity index (χ3v) is 6.32. The lowest BCUT2D eigenvalue weighted by Gasteiger charge is -2.45. The molecule has 4 heterocycles.